The molecule has 0 fully saturated rings. The Labute approximate surface area is 139 Å². The number of carbonyl (C=O) groups excluding carboxylic acids is 1. The van der Waals surface area contributed by atoms with Crippen molar-refractivity contribution in [1.29, 1.82) is 0 Å². The van der Waals surface area contributed by atoms with Crippen LogP contribution in [0.15, 0.2) is 17.2 Å². The molecule has 0 spiro atoms. The largest absolute Gasteiger partial charge is 0.500 e. The Hall–Kier alpha value is -3.21. The summed E-state index contributed by atoms with van der Waals surface area (Å²) in [6, 6.07) is 2.45. The summed E-state index contributed by atoms with van der Waals surface area (Å²) >= 11 is 1.08. The molecule has 0 unspecified atom stereocenters. The maximum absolute atomic E-state index is 12.0. The summed E-state index contributed by atoms with van der Waals surface area (Å²) in [7, 11) is 1.27. The topological polar surface area (TPSA) is 154 Å². The van der Waals surface area contributed by atoms with Crippen molar-refractivity contribution in [2.45, 2.75) is 6.92 Å². The summed E-state index contributed by atoms with van der Waals surface area (Å²) in [5.41, 5.74) is 8.21. The molecule has 0 aliphatic rings. The zero-order valence-electron chi connectivity index (χ0n) is 12.7. The summed E-state index contributed by atoms with van der Waals surface area (Å²) in [5.74, 6) is -1.13. The number of hydrogen-bond acceptors (Lipinski definition) is 8. The smallest absolute Gasteiger partial charge is 0.330 e. The number of aromatic amines is 1. The summed E-state index contributed by atoms with van der Waals surface area (Å²) < 4.78 is 4.87. The molecule has 0 atom stereocenters. The third kappa shape index (κ3) is 3.57. The number of phenolic OH excluding ortho intramolecular Hbond substituents is 1. The minimum Gasteiger partial charge on any atom is -0.500 e. The van der Waals surface area contributed by atoms with E-state index in [2.05, 4.69) is 15.5 Å². The van der Waals surface area contributed by atoms with Crippen LogP contribution in [0.1, 0.15) is 20.9 Å². The fourth-order valence-corrected chi connectivity index (χ4v) is 2.64. The molecule has 0 saturated heterocycles. The first-order valence-electron chi connectivity index (χ1n) is 6.50. The molecule has 2 rings (SSSR count). The second kappa shape index (κ2) is 6.91. The molecule has 11 heteroatoms. The van der Waals surface area contributed by atoms with E-state index in [1.165, 1.54) is 19.4 Å². The first kappa shape index (κ1) is 17.1. The van der Waals surface area contributed by atoms with Crippen molar-refractivity contribution in [1.82, 2.24) is 5.43 Å². The van der Waals surface area contributed by atoms with Crippen molar-refractivity contribution in [3.8, 4) is 11.5 Å². The van der Waals surface area contributed by atoms with Crippen LogP contribution in [0, 0.1) is 17.0 Å². The third-order valence-electron chi connectivity index (χ3n) is 2.94. The van der Waals surface area contributed by atoms with Gasteiger partial charge < -0.3 is 9.84 Å². The number of benzene rings is 1. The quantitative estimate of drug-likeness (QED) is 0.411. The molecule has 2 aromatic rings. The Morgan fingerprint density at radius 1 is 1.58 bits per heavy atom. The van der Waals surface area contributed by atoms with E-state index in [1.54, 1.807) is 6.92 Å². The number of ether oxygens (including phenoxy) is 1. The number of aromatic nitrogens is 1. The van der Waals surface area contributed by atoms with Gasteiger partial charge >= 0.3 is 10.8 Å². The zero-order chi connectivity index (χ0) is 17.9. The highest BCUT2D eigenvalue weighted by Crippen LogP contribution is 2.36. The number of aryl methyl sites for hydroxylation is 1. The van der Waals surface area contributed by atoms with Crippen LogP contribution < -0.4 is 20.9 Å². The van der Waals surface area contributed by atoms with E-state index >= 15 is 0 Å². The predicted octanol–water partition coefficient (Wildman–Crippen LogP) is 0.839. The van der Waals surface area contributed by atoms with E-state index in [0.29, 0.717) is 15.7 Å². The second-order valence-corrected chi connectivity index (χ2v) is 5.64. The van der Waals surface area contributed by atoms with Crippen molar-refractivity contribution in [3.63, 3.8) is 0 Å². The van der Waals surface area contributed by atoms with Crippen molar-refractivity contribution in [2.75, 3.05) is 12.8 Å². The number of rotatable bonds is 5. The highest BCUT2D eigenvalue weighted by Gasteiger charge is 2.20. The number of nitrogens with one attached hydrogen (secondary N) is 2. The number of carbonyl (C=O) groups is 1. The Kier molecular flexibility index (Phi) is 4.94. The predicted molar refractivity (Wildman–Crippen MR) is 86.4 cm³/mol. The van der Waals surface area contributed by atoms with Gasteiger partial charge in [-0.3, -0.25) is 20.6 Å². The molecular formula is C13H14N5O5S+. The number of hydrazone groups is 1. The van der Waals surface area contributed by atoms with Gasteiger partial charge in [-0.2, -0.15) is 5.10 Å². The SMILES string of the molecule is COc1cc(C=NNC(=O)c2sc(N)[nH+]c2C)cc([N+](=O)[O-])c1O. The van der Waals surface area contributed by atoms with Crippen molar-refractivity contribution in [3.05, 3.63) is 38.4 Å². The Bertz CT molecular complexity index is 832. The molecular weight excluding hydrogens is 338 g/mol. The molecule has 0 radical (unpaired) electrons. The lowest BCUT2D eigenvalue weighted by atomic mass is 10.2. The first-order valence-corrected chi connectivity index (χ1v) is 7.32. The molecule has 0 saturated carbocycles. The van der Waals surface area contributed by atoms with E-state index in [0.717, 1.165) is 17.4 Å². The van der Waals surface area contributed by atoms with Gasteiger partial charge in [0, 0.05) is 11.6 Å². The van der Waals surface area contributed by atoms with Gasteiger partial charge in [0.15, 0.2) is 5.75 Å². The van der Waals surface area contributed by atoms with Gasteiger partial charge in [-0.15, -0.1) is 0 Å². The summed E-state index contributed by atoms with van der Waals surface area (Å²) in [6.45, 7) is 1.69. The number of phenols is 1. The Balaban J connectivity index is 2.20. The Morgan fingerprint density at radius 3 is 2.83 bits per heavy atom. The van der Waals surface area contributed by atoms with Gasteiger partial charge in [-0.1, -0.05) is 0 Å². The van der Waals surface area contributed by atoms with E-state index < -0.39 is 22.3 Å². The van der Waals surface area contributed by atoms with Crippen molar-refractivity contribution in [2.24, 2.45) is 5.10 Å². The minimum absolute atomic E-state index is 0.0755. The lowest BCUT2D eigenvalue weighted by molar-refractivity contribution is -0.386. The van der Waals surface area contributed by atoms with Crippen LogP contribution in [0.25, 0.3) is 0 Å². The number of hydrogen-bond donors (Lipinski definition) is 3. The summed E-state index contributed by atoms with van der Waals surface area (Å²) in [5, 5.41) is 24.7. The van der Waals surface area contributed by atoms with Gasteiger partial charge in [0.05, 0.1) is 18.2 Å². The lowest BCUT2D eigenvalue weighted by Crippen LogP contribution is -2.19. The molecule has 126 valence electrons. The number of nitrogens with two attached hydrogens (primary N) is 1. The molecule has 1 heterocycles. The van der Waals surface area contributed by atoms with Crippen molar-refractivity contribution < 1.29 is 24.5 Å². The third-order valence-corrected chi connectivity index (χ3v) is 3.96. The second-order valence-electron chi connectivity index (χ2n) is 4.59. The van der Waals surface area contributed by atoms with Crippen LogP contribution >= 0.6 is 11.3 Å². The van der Waals surface area contributed by atoms with Crippen LogP contribution in [-0.4, -0.2) is 29.3 Å². The normalized spacial score (nSPS) is 10.8. The number of thiazole rings is 1. The molecule has 24 heavy (non-hydrogen) atoms. The average molecular weight is 352 g/mol. The van der Waals surface area contributed by atoms with E-state index in [1.807, 2.05) is 0 Å². The number of anilines is 1. The lowest BCUT2D eigenvalue weighted by Gasteiger charge is -2.05. The molecule has 1 aromatic carbocycles. The van der Waals surface area contributed by atoms with Crippen LogP contribution in [0.3, 0.4) is 0 Å². The summed E-state index contributed by atoms with van der Waals surface area (Å²) in [4.78, 5) is 25.3. The number of H-pyrrole nitrogens is 1. The fraction of sp³-hybridized carbons (Fsp3) is 0.154. The molecule has 10 nitrogen and oxygen atoms in total. The fourth-order valence-electron chi connectivity index (χ4n) is 1.87. The molecule has 1 aromatic heterocycles. The van der Waals surface area contributed by atoms with Gasteiger partial charge in [0.1, 0.15) is 10.6 Å². The van der Waals surface area contributed by atoms with Crippen LogP contribution in [-0.2, 0) is 0 Å². The number of nitro benzene ring substituents is 1. The molecule has 0 bridgehead atoms. The Morgan fingerprint density at radius 2 is 2.29 bits per heavy atom. The van der Waals surface area contributed by atoms with E-state index in [9.17, 15) is 20.0 Å². The van der Waals surface area contributed by atoms with Crippen LogP contribution in [0.5, 0.6) is 11.5 Å². The van der Waals surface area contributed by atoms with E-state index in [4.69, 9.17) is 10.5 Å². The monoisotopic (exact) mass is 352 g/mol. The van der Waals surface area contributed by atoms with Crippen molar-refractivity contribution >= 4 is 34.3 Å². The van der Waals surface area contributed by atoms with Gasteiger partial charge in [0.2, 0.25) is 5.75 Å². The number of nitrogen functional groups attached to an aromatic ring is 1. The van der Waals surface area contributed by atoms with Gasteiger partial charge in [0.25, 0.3) is 5.91 Å². The molecule has 5 N–H and O–H groups in total. The number of methoxy groups -OCH3 is 1. The van der Waals surface area contributed by atoms with Gasteiger partial charge in [-0.25, -0.2) is 10.4 Å². The number of amides is 1. The standard InChI is InChI=1S/C13H13N5O5S/c1-6-11(24-13(14)16-6)12(20)17-15-5-7-3-8(18(21)22)10(19)9(4-7)23-2/h3-5,19H,1-2H3,(H2,14,16)(H,17,20)/p+1. The first-order chi connectivity index (χ1) is 11.3. The maximum Gasteiger partial charge on any atom is 0.330 e. The van der Waals surface area contributed by atoms with Gasteiger partial charge in [-0.05, 0) is 24.3 Å². The maximum atomic E-state index is 12.0. The number of nitro groups is 1. The number of aromatic hydroxyl groups is 1. The van der Waals surface area contributed by atoms with Crippen LogP contribution in [0.2, 0.25) is 0 Å². The molecule has 1 amide bonds. The average Bonchev–Trinajstić information content (AvgIpc) is 2.86. The minimum atomic E-state index is -0.749. The molecule has 0 aliphatic carbocycles. The van der Waals surface area contributed by atoms with Crippen LogP contribution in [0.4, 0.5) is 10.8 Å². The highest BCUT2D eigenvalue weighted by molar-refractivity contribution is 7.16. The zero-order valence-corrected chi connectivity index (χ0v) is 13.5. The number of nitrogens with zero attached hydrogens (tertiary/aromatic N) is 2. The van der Waals surface area contributed by atoms with E-state index in [-0.39, 0.29) is 11.3 Å². The molecule has 0 aliphatic heterocycles. The summed E-state index contributed by atoms with van der Waals surface area (Å²) in [6.07, 6.45) is 1.20. The highest BCUT2D eigenvalue weighted by atomic mass is 32.1.